The van der Waals surface area contributed by atoms with E-state index >= 15 is 0 Å². The van der Waals surface area contributed by atoms with E-state index in [0.717, 1.165) is 12.1 Å². The fraction of sp³-hybridized carbons (Fsp3) is 0. The van der Waals surface area contributed by atoms with E-state index in [1.54, 1.807) is 0 Å². The second-order valence-electron chi connectivity index (χ2n) is 3.91. The lowest BCUT2D eigenvalue weighted by atomic mass is 10.3. The summed E-state index contributed by atoms with van der Waals surface area (Å²) in [5, 5.41) is 13.7. The third kappa shape index (κ3) is 3.67. The highest BCUT2D eigenvalue weighted by atomic mass is 35.5. The van der Waals surface area contributed by atoms with Gasteiger partial charge in [-0.25, -0.2) is 19.0 Å². The SMILES string of the molecule is O=C(Nc1cc(F)ccc1Cl)Nc1cccnc1C(=O)O. The van der Waals surface area contributed by atoms with Crippen LogP contribution in [-0.4, -0.2) is 22.1 Å². The van der Waals surface area contributed by atoms with E-state index in [-0.39, 0.29) is 22.1 Å². The molecule has 1 aromatic heterocycles. The van der Waals surface area contributed by atoms with Gasteiger partial charge in [-0.1, -0.05) is 11.6 Å². The van der Waals surface area contributed by atoms with Crippen molar-refractivity contribution in [3.05, 3.63) is 53.1 Å². The van der Waals surface area contributed by atoms with Crippen LogP contribution in [0.5, 0.6) is 0 Å². The molecule has 2 amide bonds. The number of nitrogens with one attached hydrogen (secondary N) is 2. The summed E-state index contributed by atoms with van der Waals surface area (Å²) >= 11 is 5.81. The number of benzene rings is 1. The monoisotopic (exact) mass is 309 g/mol. The van der Waals surface area contributed by atoms with Crippen LogP contribution in [0.4, 0.5) is 20.6 Å². The molecule has 0 spiro atoms. The number of hydrogen-bond donors (Lipinski definition) is 3. The van der Waals surface area contributed by atoms with Gasteiger partial charge < -0.3 is 15.7 Å². The van der Waals surface area contributed by atoms with Gasteiger partial charge in [-0.3, -0.25) is 0 Å². The molecule has 1 aromatic carbocycles. The lowest BCUT2D eigenvalue weighted by Gasteiger charge is -2.10. The van der Waals surface area contributed by atoms with Crippen LogP contribution >= 0.6 is 11.6 Å². The molecule has 0 aliphatic rings. The first-order valence-corrected chi connectivity index (χ1v) is 6.06. The average Bonchev–Trinajstić information content (AvgIpc) is 2.43. The minimum absolute atomic E-state index is 0.00928. The highest BCUT2D eigenvalue weighted by Gasteiger charge is 2.14. The lowest BCUT2D eigenvalue weighted by molar-refractivity contribution is 0.0691. The van der Waals surface area contributed by atoms with Crippen molar-refractivity contribution in [2.24, 2.45) is 0 Å². The summed E-state index contributed by atoms with van der Waals surface area (Å²) < 4.78 is 13.1. The number of aromatic nitrogens is 1. The molecule has 108 valence electrons. The molecular formula is C13H9ClFN3O3. The summed E-state index contributed by atoms with van der Waals surface area (Å²) in [7, 11) is 0. The van der Waals surface area contributed by atoms with Crippen LogP contribution in [-0.2, 0) is 0 Å². The zero-order valence-corrected chi connectivity index (χ0v) is 11.2. The molecule has 0 saturated heterocycles. The zero-order valence-electron chi connectivity index (χ0n) is 10.4. The molecule has 2 aromatic rings. The second kappa shape index (κ2) is 6.19. The second-order valence-corrected chi connectivity index (χ2v) is 4.32. The van der Waals surface area contributed by atoms with Crippen molar-refractivity contribution in [2.45, 2.75) is 0 Å². The maximum absolute atomic E-state index is 13.1. The normalized spacial score (nSPS) is 10.0. The number of pyridine rings is 1. The molecule has 8 heteroatoms. The van der Waals surface area contributed by atoms with E-state index in [4.69, 9.17) is 16.7 Å². The van der Waals surface area contributed by atoms with Gasteiger partial charge in [0.1, 0.15) is 5.82 Å². The van der Waals surface area contributed by atoms with Gasteiger partial charge in [0.25, 0.3) is 0 Å². The van der Waals surface area contributed by atoms with Crippen molar-refractivity contribution in [3.8, 4) is 0 Å². The third-order valence-corrected chi connectivity index (χ3v) is 2.76. The number of amides is 2. The van der Waals surface area contributed by atoms with Gasteiger partial charge in [0.2, 0.25) is 0 Å². The number of urea groups is 1. The van der Waals surface area contributed by atoms with Gasteiger partial charge >= 0.3 is 12.0 Å². The Kier molecular flexibility index (Phi) is 4.34. The Morgan fingerprint density at radius 3 is 2.62 bits per heavy atom. The van der Waals surface area contributed by atoms with E-state index in [9.17, 15) is 14.0 Å². The lowest BCUT2D eigenvalue weighted by Crippen LogP contribution is -2.21. The van der Waals surface area contributed by atoms with Crippen LogP contribution in [0.25, 0.3) is 0 Å². The molecule has 0 saturated carbocycles. The molecule has 0 unspecified atom stereocenters. The maximum atomic E-state index is 13.1. The van der Waals surface area contributed by atoms with Gasteiger partial charge in [0.05, 0.1) is 16.4 Å². The molecule has 0 radical (unpaired) electrons. The molecule has 0 atom stereocenters. The first-order chi connectivity index (χ1) is 9.97. The Morgan fingerprint density at radius 2 is 1.90 bits per heavy atom. The summed E-state index contributed by atoms with van der Waals surface area (Å²) in [5.74, 6) is -1.85. The van der Waals surface area contributed by atoms with Crippen LogP contribution in [0.1, 0.15) is 10.5 Å². The van der Waals surface area contributed by atoms with Crippen LogP contribution in [0.15, 0.2) is 36.5 Å². The molecule has 2 rings (SSSR count). The van der Waals surface area contributed by atoms with Crippen molar-refractivity contribution in [1.29, 1.82) is 0 Å². The predicted molar refractivity (Wildman–Crippen MR) is 75.2 cm³/mol. The van der Waals surface area contributed by atoms with Crippen molar-refractivity contribution >= 4 is 35.0 Å². The fourth-order valence-electron chi connectivity index (χ4n) is 1.55. The van der Waals surface area contributed by atoms with E-state index in [0.29, 0.717) is 0 Å². The van der Waals surface area contributed by atoms with Crippen molar-refractivity contribution < 1.29 is 19.1 Å². The quantitative estimate of drug-likeness (QED) is 0.812. The number of nitrogens with zero attached hydrogens (tertiary/aromatic N) is 1. The van der Waals surface area contributed by atoms with Gasteiger partial charge in [0, 0.05) is 6.20 Å². The molecule has 6 nitrogen and oxygen atoms in total. The summed E-state index contributed by atoms with van der Waals surface area (Å²) in [6, 6.07) is 5.57. The predicted octanol–water partition coefficient (Wildman–Crippen LogP) is 3.22. The molecule has 0 aliphatic carbocycles. The Morgan fingerprint density at radius 1 is 1.19 bits per heavy atom. The number of aromatic carboxylic acids is 1. The summed E-state index contributed by atoms with van der Waals surface area (Å²) in [5.41, 5.74) is -0.233. The van der Waals surface area contributed by atoms with Crippen LogP contribution in [0.2, 0.25) is 5.02 Å². The van der Waals surface area contributed by atoms with Gasteiger partial charge in [-0.2, -0.15) is 0 Å². The maximum Gasteiger partial charge on any atom is 0.356 e. The minimum atomic E-state index is -1.28. The number of carbonyl (C=O) groups is 2. The number of anilines is 2. The average molecular weight is 310 g/mol. The minimum Gasteiger partial charge on any atom is -0.476 e. The summed E-state index contributed by atoms with van der Waals surface area (Å²) in [6.07, 6.45) is 1.29. The fourth-order valence-corrected chi connectivity index (χ4v) is 1.71. The number of rotatable bonds is 3. The zero-order chi connectivity index (χ0) is 15.4. The Balaban J connectivity index is 2.16. The number of hydrogen-bond acceptors (Lipinski definition) is 3. The van der Waals surface area contributed by atoms with Crippen molar-refractivity contribution in [3.63, 3.8) is 0 Å². The topological polar surface area (TPSA) is 91.3 Å². The number of carboxylic acid groups (broad SMARTS) is 1. The summed E-state index contributed by atoms with van der Waals surface area (Å²) in [6.45, 7) is 0. The Bertz CT molecular complexity index is 709. The first-order valence-electron chi connectivity index (χ1n) is 5.69. The number of carbonyl (C=O) groups excluding carboxylic acids is 1. The third-order valence-electron chi connectivity index (χ3n) is 2.44. The highest BCUT2D eigenvalue weighted by molar-refractivity contribution is 6.33. The van der Waals surface area contributed by atoms with Gasteiger partial charge in [-0.15, -0.1) is 0 Å². The van der Waals surface area contributed by atoms with Crippen LogP contribution in [0.3, 0.4) is 0 Å². The van der Waals surface area contributed by atoms with Gasteiger partial charge in [-0.05, 0) is 30.3 Å². The standard InChI is InChI=1S/C13H9ClFN3O3/c14-8-4-3-7(15)6-10(8)18-13(21)17-9-2-1-5-16-11(9)12(19)20/h1-6H,(H,19,20)(H2,17,18,21). The van der Waals surface area contributed by atoms with Crippen LogP contribution in [0, 0.1) is 5.82 Å². The molecule has 21 heavy (non-hydrogen) atoms. The number of halogens is 2. The van der Waals surface area contributed by atoms with Crippen molar-refractivity contribution in [1.82, 2.24) is 4.98 Å². The van der Waals surface area contributed by atoms with Gasteiger partial charge in [0.15, 0.2) is 5.69 Å². The van der Waals surface area contributed by atoms with E-state index in [1.807, 2.05) is 0 Å². The molecule has 0 aliphatic heterocycles. The Labute approximate surface area is 123 Å². The number of carboxylic acids is 1. The Hall–Kier alpha value is -2.67. The largest absolute Gasteiger partial charge is 0.476 e. The highest BCUT2D eigenvalue weighted by Crippen LogP contribution is 2.22. The molecule has 1 heterocycles. The smallest absolute Gasteiger partial charge is 0.356 e. The molecule has 0 bridgehead atoms. The molecule has 3 N–H and O–H groups in total. The molecule has 0 fully saturated rings. The summed E-state index contributed by atoms with van der Waals surface area (Å²) in [4.78, 5) is 26.4. The van der Waals surface area contributed by atoms with Crippen LogP contribution < -0.4 is 10.6 Å². The van der Waals surface area contributed by atoms with E-state index in [1.165, 1.54) is 24.4 Å². The van der Waals surface area contributed by atoms with E-state index < -0.39 is 17.8 Å². The molecular weight excluding hydrogens is 301 g/mol. The van der Waals surface area contributed by atoms with Crippen molar-refractivity contribution in [2.75, 3.05) is 10.6 Å². The van der Waals surface area contributed by atoms with E-state index in [2.05, 4.69) is 15.6 Å². The first kappa shape index (κ1) is 14.7.